The van der Waals surface area contributed by atoms with Crippen LogP contribution in [0.5, 0.6) is 0 Å². The molecule has 0 fully saturated rings. The van der Waals surface area contributed by atoms with Gasteiger partial charge in [-0.05, 0) is 18.6 Å². The van der Waals surface area contributed by atoms with Crippen LogP contribution in [0.1, 0.15) is 38.1 Å². The van der Waals surface area contributed by atoms with Crippen molar-refractivity contribution in [1.82, 2.24) is 0 Å². The molecule has 0 radical (unpaired) electrons. The highest BCUT2D eigenvalue weighted by molar-refractivity contribution is 7.16. The van der Waals surface area contributed by atoms with Gasteiger partial charge in [0.15, 0.2) is 23.3 Å². The normalized spacial score (nSPS) is 10.8. The lowest BCUT2D eigenvalue weighted by molar-refractivity contribution is 0.0527. The largest absolute Gasteiger partial charge is 0.462 e. The van der Waals surface area contributed by atoms with Crippen LogP contribution in [0.15, 0.2) is 36.4 Å². The van der Waals surface area contributed by atoms with E-state index in [0.717, 1.165) is 5.56 Å². The Morgan fingerprint density at radius 3 is 2.06 bits per heavy atom. The smallest absolute Gasteiger partial charge is 0.341 e. The molecule has 0 saturated heterocycles. The monoisotopic (exact) mass is 473 g/mol. The minimum absolute atomic E-state index is 0.0972. The number of anilines is 1. The van der Waals surface area contributed by atoms with Crippen LogP contribution in [-0.4, -0.2) is 18.5 Å². The summed E-state index contributed by atoms with van der Waals surface area (Å²) in [4.78, 5) is 25.0. The lowest BCUT2D eigenvalue weighted by Crippen LogP contribution is -2.26. The van der Waals surface area contributed by atoms with E-state index in [9.17, 15) is 36.0 Å². The zero-order chi connectivity index (χ0) is 23.6. The molecule has 1 heterocycles. The molecule has 168 valence electrons. The van der Waals surface area contributed by atoms with Gasteiger partial charge in [-0.25, -0.2) is 26.7 Å². The van der Waals surface area contributed by atoms with Crippen molar-refractivity contribution in [1.29, 1.82) is 0 Å². The van der Waals surface area contributed by atoms with Crippen molar-refractivity contribution in [2.45, 2.75) is 13.3 Å². The van der Waals surface area contributed by atoms with Crippen LogP contribution in [0.25, 0.3) is 0 Å². The highest BCUT2D eigenvalue weighted by Crippen LogP contribution is 2.36. The fourth-order valence-corrected chi connectivity index (χ4v) is 3.88. The van der Waals surface area contributed by atoms with Crippen molar-refractivity contribution in [3.63, 3.8) is 0 Å². The van der Waals surface area contributed by atoms with E-state index >= 15 is 0 Å². The van der Waals surface area contributed by atoms with Gasteiger partial charge in [0, 0.05) is 11.3 Å². The second kappa shape index (κ2) is 9.43. The molecule has 11 heteroatoms. The molecule has 1 amide bonds. The number of halogens is 6. The minimum atomic E-state index is -2.49. The highest BCUT2D eigenvalue weighted by atomic mass is 32.1. The van der Waals surface area contributed by atoms with E-state index in [1.54, 1.807) is 30.3 Å². The number of benzene rings is 2. The highest BCUT2D eigenvalue weighted by Gasteiger charge is 2.35. The predicted octanol–water partition coefficient (Wildman–Crippen LogP) is 5.74. The molecular formula is C21H13F6NO3S. The van der Waals surface area contributed by atoms with Crippen LogP contribution < -0.4 is 5.12 Å². The first-order valence-electron chi connectivity index (χ1n) is 9.02. The lowest BCUT2D eigenvalue weighted by atomic mass is 10.1. The van der Waals surface area contributed by atoms with Crippen molar-refractivity contribution < 1.29 is 40.8 Å². The van der Waals surface area contributed by atoms with Gasteiger partial charge in [0.2, 0.25) is 5.82 Å². The molecule has 0 spiro atoms. The number of hydrogen-bond acceptors (Lipinski definition) is 4. The maximum absolute atomic E-state index is 15.0. The first-order valence-corrected chi connectivity index (χ1v) is 9.84. The maximum Gasteiger partial charge on any atom is 0.341 e. The number of carbonyl (C=O) groups excluding carboxylic acids is 2. The van der Waals surface area contributed by atoms with Gasteiger partial charge >= 0.3 is 5.97 Å². The summed E-state index contributed by atoms with van der Waals surface area (Å²) in [6.07, 6.45) is 0.211. The SMILES string of the molecule is CCOC(=O)c1cc(Cc2ccccc2)sc1N(F)C(=O)c1c(F)c(F)c(F)c(F)c1F. The van der Waals surface area contributed by atoms with Gasteiger partial charge in [0.05, 0.1) is 12.2 Å². The molecule has 0 aliphatic heterocycles. The fraction of sp³-hybridized carbons (Fsp3) is 0.143. The molecule has 0 N–H and O–H groups in total. The number of rotatable bonds is 6. The Morgan fingerprint density at radius 1 is 0.938 bits per heavy atom. The Labute approximate surface area is 181 Å². The van der Waals surface area contributed by atoms with Crippen molar-refractivity contribution in [2.75, 3.05) is 11.7 Å². The van der Waals surface area contributed by atoms with Gasteiger partial charge in [-0.1, -0.05) is 34.8 Å². The average molecular weight is 473 g/mol. The summed E-state index contributed by atoms with van der Waals surface area (Å²) in [5.41, 5.74) is -1.66. The van der Waals surface area contributed by atoms with Gasteiger partial charge in [-0.15, -0.1) is 16.5 Å². The Balaban J connectivity index is 2.06. The van der Waals surface area contributed by atoms with Gasteiger partial charge in [-0.2, -0.15) is 0 Å². The van der Waals surface area contributed by atoms with Gasteiger partial charge in [-0.3, -0.25) is 4.79 Å². The molecule has 3 rings (SSSR count). The summed E-state index contributed by atoms with van der Waals surface area (Å²) in [7, 11) is 0. The molecule has 0 unspecified atom stereocenters. The molecule has 1 aromatic heterocycles. The second-order valence-corrected chi connectivity index (χ2v) is 7.46. The van der Waals surface area contributed by atoms with E-state index in [4.69, 9.17) is 4.74 Å². The van der Waals surface area contributed by atoms with E-state index in [2.05, 4.69) is 0 Å². The number of hydrogen-bond donors (Lipinski definition) is 0. The summed E-state index contributed by atoms with van der Waals surface area (Å²) in [6, 6.07) is 9.96. The third kappa shape index (κ3) is 4.33. The summed E-state index contributed by atoms with van der Waals surface area (Å²) < 4.78 is 87.9. The summed E-state index contributed by atoms with van der Waals surface area (Å²) in [5.74, 6) is -15.5. The Bertz CT molecular complexity index is 1150. The van der Waals surface area contributed by atoms with Crippen LogP contribution >= 0.6 is 11.3 Å². The topological polar surface area (TPSA) is 46.6 Å². The molecule has 0 bridgehead atoms. The van der Waals surface area contributed by atoms with Gasteiger partial charge in [0.1, 0.15) is 10.6 Å². The maximum atomic E-state index is 15.0. The molecule has 0 aliphatic carbocycles. The van der Waals surface area contributed by atoms with Crippen LogP contribution in [0.2, 0.25) is 0 Å². The van der Waals surface area contributed by atoms with Crippen molar-refractivity contribution >= 4 is 28.2 Å². The van der Waals surface area contributed by atoms with Crippen molar-refractivity contribution in [3.8, 4) is 0 Å². The van der Waals surface area contributed by atoms with Crippen LogP contribution in [0.4, 0.5) is 31.4 Å². The summed E-state index contributed by atoms with van der Waals surface area (Å²) >= 11 is 0.586. The molecule has 2 aromatic carbocycles. The Morgan fingerprint density at radius 2 is 1.50 bits per heavy atom. The number of ether oxygens (including phenoxy) is 1. The van der Waals surface area contributed by atoms with E-state index < -0.39 is 62.2 Å². The Hall–Kier alpha value is -3.34. The van der Waals surface area contributed by atoms with Crippen LogP contribution in [-0.2, 0) is 11.2 Å². The fourth-order valence-electron chi connectivity index (χ4n) is 2.80. The number of carbonyl (C=O) groups is 2. The summed E-state index contributed by atoms with van der Waals surface area (Å²) in [6.45, 7) is 1.38. The third-order valence-corrected chi connectivity index (χ3v) is 5.36. The van der Waals surface area contributed by atoms with Crippen molar-refractivity contribution in [2.24, 2.45) is 0 Å². The average Bonchev–Trinajstić information content (AvgIpc) is 3.20. The van der Waals surface area contributed by atoms with Crippen molar-refractivity contribution in [3.05, 3.63) is 87.1 Å². The van der Waals surface area contributed by atoms with Crippen LogP contribution in [0, 0.1) is 29.1 Å². The number of esters is 1. The van der Waals surface area contributed by atoms with E-state index in [1.807, 2.05) is 0 Å². The first-order chi connectivity index (χ1) is 15.2. The van der Waals surface area contributed by atoms with E-state index in [0.29, 0.717) is 16.2 Å². The van der Waals surface area contributed by atoms with Gasteiger partial charge in [0.25, 0.3) is 5.91 Å². The van der Waals surface area contributed by atoms with E-state index in [1.165, 1.54) is 13.0 Å². The Kier molecular flexibility index (Phi) is 6.87. The predicted molar refractivity (Wildman–Crippen MR) is 104 cm³/mol. The standard InChI is InChI=1S/C21H13F6NO3S/c1-2-31-21(30)12-9-11(8-10-6-4-3-5-7-10)32-20(12)28(27)19(29)13-14(22)16(24)18(26)17(25)15(13)23/h3-7,9H,2,8H2,1H3. The van der Waals surface area contributed by atoms with E-state index in [-0.39, 0.29) is 13.0 Å². The number of thiophene rings is 1. The first kappa shape index (κ1) is 23.3. The molecule has 0 atom stereocenters. The second-order valence-electron chi connectivity index (χ2n) is 6.35. The lowest BCUT2D eigenvalue weighted by Gasteiger charge is -2.14. The quantitative estimate of drug-likeness (QED) is 0.151. The molecule has 3 aromatic rings. The third-order valence-electron chi connectivity index (χ3n) is 4.26. The molecular weight excluding hydrogens is 460 g/mol. The van der Waals surface area contributed by atoms with Crippen LogP contribution in [0.3, 0.4) is 0 Å². The summed E-state index contributed by atoms with van der Waals surface area (Å²) in [5, 5.41) is -1.55. The zero-order valence-corrected chi connectivity index (χ0v) is 17.0. The molecule has 0 aliphatic rings. The molecule has 4 nitrogen and oxygen atoms in total. The number of nitrogens with zero attached hydrogens (tertiary/aromatic N) is 1. The molecule has 32 heavy (non-hydrogen) atoms. The zero-order valence-electron chi connectivity index (χ0n) is 16.2. The van der Waals surface area contributed by atoms with Gasteiger partial charge < -0.3 is 4.74 Å². The minimum Gasteiger partial charge on any atom is -0.462 e. The molecule has 0 saturated carbocycles. The number of amides is 1.